The summed E-state index contributed by atoms with van der Waals surface area (Å²) in [7, 11) is 0. The smallest absolute Gasteiger partial charge is 0.338 e. The normalized spacial score (nSPS) is 27.0. The van der Waals surface area contributed by atoms with E-state index in [2.05, 4.69) is 0 Å². The predicted octanol–water partition coefficient (Wildman–Crippen LogP) is 0.508. The summed E-state index contributed by atoms with van der Waals surface area (Å²) in [6.45, 7) is -0.629. The van der Waals surface area contributed by atoms with Gasteiger partial charge in [-0.1, -0.05) is 36.4 Å². The van der Waals surface area contributed by atoms with Gasteiger partial charge in [-0.3, -0.25) is 0 Å². The van der Waals surface area contributed by atoms with Crippen LogP contribution in [0.2, 0.25) is 0 Å². The molecule has 8 nitrogen and oxygen atoms in total. The number of aliphatic hydroxyl groups is 3. The van der Waals surface area contributed by atoms with Crippen molar-refractivity contribution in [1.29, 1.82) is 0 Å². The maximum absolute atomic E-state index is 12.4. The maximum atomic E-state index is 12.4. The molecule has 1 aliphatic heterocycles. The van der Waals surface area contributed by atoms with E-state index in [0.29, 0.717) is 0 Å². The molecule has 8 heteroatoms. The molecule has 1 heterocycles. The molecule has 1 fully saturated rings. The van der Waals surface area contributed by atoms with Crippen LogP contribution < -0.4 is 0 Å². The molecule has 5 atom stereocenters. The summed E-state index contributed by atoms with van der Waals surface area (Å²) in [4.78, 5) is 24.8. The Bertz CT molecular complexity index is 741. The highest BCUT2D eigenvalue weighted by Gasteiger charge is 2.49. The zero-order valence-electron chi connectivity index (χ0n) is 14.8. The van der Waals surface area contributed by atoms with E-state index in [-0.39, 0.29) is 11.1 Å². The predicted molar refractivity (Wildman–Crippen MR) is 95.3 cm³/mol. The van der Waals surface area contributed by atoms with Crippen LogP contribution in [0.4, 0.5) is 0 Å². The van der Waals surface area contributed by atoms with Crippen LogP contribution >= 0.6 is 0 Å². The van der Waals surface area contributed by atoms with Crippen molar-refractivity contribution in [2.45, 2.75) is 30.7 Å². The molecule has 1 aliphatic rings. The topological polar surface area (TPSA) is 123 Å². The lowest BCUT2D eigenvalue weighted by atomic mass is 9.98. The van der Waals surface area contributed by atoms with E-state index >= 15 is 0 Å². The minimum atomic E-state index is -1.72. The van der Waals surface area contributed by atoms with Gasteiger partial charge in [0.25, 0.3) is 0 Å². The zero-order chi connectivity index (χ0) is 20.1. The lowest BCUT2D eigenvalue weighted by Crippen LogP contribution is -2.61. The van der Waals surface area contributed by atoms with E-state index in [1.54, 1.807) is 36.4 Å². The second kappa shape index (κ2) is 8.94. The molecule has 0 aromatic heterocycles. The molecule has 1 saturated heterocycles. The van der Waals surface area contributed by atoms with E-state index < -0.39 is 49.3 Å². The Morgan fingerprint density at radius 2 is 1.29 bits per heavy atom. The summed E-state index contributed by atoms with van der Waals surface area (Å²) in [5.74, 6) is -1.53. The van der Waals surface area contributed by atoms with Crippen molar-refractivity contribution in [2.24, 2.45) is 0 Å². The number of benzene rings is 2. The van der Waals surface area contributed by atoms with Crippen molar-refractivity contribution in [3.63, 3.8) is 0 Å². The van der Waals surface area contributed by atoms with Gasteiger partial charge in [-0.15, -0.1) is 0 Å². The minimum absolute atomic E-state index is 0.212. The van der Waals surface area contributed by atoms with Crippen molar-refractivity contribution in [1.82, 2.24) is 0 Å². The Morgan fingerprint density at radius 1 is 0.821 bits per heavy atom. The van der Waals surface area contributed by atoms with Crippen LogP contribution in [-0.4, -0.2) is 64.6 Å². The Labute approximate surface area is 160 Å². The van der Waals surface area contributed by atoms with Crippen molar-refractivity contribution < 1.29 is 39.1 Å². The third-order valence-corrected chi connectivity index (χ3v) is 4.32. The number of esters is 2. The lowest BCUT2D eigenvalue weighted by molar-refractivity contribution is -0.285. The van der Waals surface area contributed by atoms with Gasteiger partial charge in [0.2, 0.25) is 0 Å². The summed E-state index contributed by atoms with van der Waals surface area (Å²) in [5.41, 5.74) is 0.442. The Kier molecular flexibility index (Phi) is 6.37. The SMILES string of the molecule is O=C(O[C@@H]1[C@@H](O)[C@@H](O)O[C@H](CO)[C@H]1OC(=O)c1ccccc1)c1ccccc1. The largest absolute Gasteiger partial charge is 0.452 e. The Balaban J connectivity index is 1.83. The standard InChI is InChI=1S/C20H20O8/c21-11-14-16(27-18(23)12-7-3-1-4-8-12)17(15(22)20(25)26-14)28-19(24)13-9-5-2-6-10-13/h1-10,14-17,20-22,25H,11H2/t14-,15-,16-,17-,20+/m1/s1. The first kappa shape index (κ1) is 20.0. The van der Waals surface area contributed by atoms with Gasteiger partial charge in [-0.2, -0.15) is 0 Å². The van der Waals surface area contributed by atoms with Crippen LogP contribution in [0.25, 0.3) is 0 Å². The fraction of sp³-hybridized carbons (Fsp3) is 0.300. The quantitative estimate of drug-likeness (QED) is 0.633. The van der Waals surface area contributed by atoms with Crippen LogP contribution in [0, 0.1) is 0 Å². The first-order valence-corrected chi connectivity index (χ1v) is 8.65. The summed E-state index contributed by atoms with van der Waals surface area (Å²) < 4.78 is 15.8. The number of rotatable bonds is 5. The number of hydrogen-bond donors (Lipinski definition) is 3. The van der Waals surface area contributed by atoms with E-state index in [0.717, 1.165) is 0 Å². The molecule has 0 amide bonds. The molecule has 3 rings (SSSR count). The van der Waals surface area contributed by atoms with Crippen molar-refractivity contribution in [3.05, 3.63) is 71.8 Å². The third kappa shape index (κ3) is 4.37. The highest BCUT2D eigenvalue weighted by molar-refractivity contribution is 5.90. The number of ether oxygens (including phenoxy) is 3. The molecule has 0 unspecified atom stereocenters. The van der Waals surface area contributed by atoms with E-state index in [9.17, 15) is 24.9 Å². The van der Waals surface area contributed by atoms with Gasteiger partial charge in [0, 0.05) is 0 Å². The molecule has 2 aromatic rings. The van der Waals surface area contributed by atoms with Gasteiger partial charge >= 0.3 is 11.9 Å². The van der Waals surface area contributed by atoms with Crippen molar-refractivity contribution >= 4 is 11.9 Å². The minimum Gasteiger partial charge on any atom is -0.452 e. The van der Waals surface area contributed by atoms with Gasteiger partial charge < -0.3 is 29.5 Å². The fourth-order valence-corrected chi connectivity index (χ4v) is 2.86. The zero-order valence-corrected chi connectivity index (χ0v) is 14.8. The third-order valence-electron chi connectivity index (χ3n) is 4.32. The number of aliphatic hydroxyl groups excluding tert-OH is 3. The maximum Gasteiger partial charge on any atom is 0.338 e. The molecule has 0 bridgehead atoms. The molecule has 0 saturated carbocycles. The second-order valence-corrected chi connectivity index (χ2v) is 6.21. The van der Waals surface area contributed by atoms with Crippen molar-refractivity contribution in [3.8, 4) is 0 Å². The summed E-state index contributed by atoms with van der Waals surface area (Å²) >= 11 is 0. The van der Waals surface area contributed by atoms with Gasteiger partial charge in [0.1, 0.15) is 12.2 Å². The Morgan fingerprint density at radius 3 is 1.75 bits per heavy atom. The van der Waals surface area contributed by atoms with Gasteiger partial charge in [-0.05, 0) is 24.3 Å². The molecule has 2 aromatic carbocycles. The second-order valence-electron chi connectivity index (χ2n) is 6.21. The highest BCUT2D eigenvalue weighted by Crippen LogP contribution is 2.26. The fourth-order valence-electron chi connectivity index (χ4n) is 2.86. The molecule has 0 aliphatic carbocycles. The van der Waals surface area contributed by atoms with E-state index in [4.69, 9.17) is 14.2 Å². The number of carbonyl (C=O) groups is 2. The average molecular weight is 388 g/mol. The highest BCUT2D eigenvalue weighted by atomic mass is 16.7. The van der Waals surface area contributed by atoms with Crippen LogP contribution in [0.5, 0.6) is 0 Å². The van der Waals surface area contributed by atoms with Crippen LogP contribution in [0.3, 0.4) is 0 Å². The van der Waals surface area contributed by atoms with E-state index in [1.807, 2.05) is 0 Å². The van der Waals surface area contributed by atoms with Crippen LogP contribution in [-0.2, 0) is 14.2 Å². The van der Waals surface area contributed by atoms with E-state index in [1.165, 1.54) is 24.3 Å². The van der Waals surface area contributed by atoms with Gasteiger partial charge in [0.15, 0.2) is 18.5 Å². The first-order chi connectivity index (χ1) is 13.5. The van der Waals surface area contributed by atoms with Gasteiger partial charge in [-0.25, -0.2) is 9.59 Å². The van der Waals surface area contributed by atoms with Crippen molar-refractivity contribution in [2.75, 3.05) is 6.61 Å². The van der Waals surface area contributed by atoms with Gasteiger partial charge in [0.05, 0.1) is 17.7 Å². The summed E-state index contributed by atoms with van der Waals surface area (Å²) in [6, 6.07) is 16.1. The molecule has 0 radical (unpaired) electrons. The summed E-state index contributed by atoms with van der Waals surface area (Å²) in [6.07, 6.45) is -7.37. The summed E-state index contributed by atoms with van der Waals surface area (Å²) in [5, 5.41) is 29.7. The Hall–Kier alpha value is -2.78. The molecule has 0 spiro atoms. The molecule has 3 N–H and O–H groups in total. The van der Waals surface area contributed by atoms with Crippen LogP contribution in [0.15, 0.2) is 60.7 Å². The number of hydrogen-bond acceptors (Lipinski definition) is 8. The molecular weight excluding hydrogens is 368 g/mol. The molecule has 28 heavy (non-hydrogen) atoms. The number of carbonyl (C=O) groups excluding carboxylic acids is 2. The van der Waals surface area contributed by atoms with Crippen LogP contribution in [0.1, 0.15) is 20.7 Å². The monoisotopic (exact) mass is 388 g/mol. The molecule has 148 valence electrons. The first-order valence-electron chi connectivity index (χ1n) is 8.65. The average Bonchev–Trinajstić information content (AvgIpc) is 2.74. The molecular formula is C20H20O8. The lowest BCUT2D eigenvalue weighted by Gasteiger charge is -2.41.